The van der Waals surface area contributed by atoms with Crippen LogP contribution in [0.4, 0.5) is 0 Å². The Balaban J connectivity index is 2.22. The van der Waals surface area contributed by atoms with Gasteiger partial charge < -0.3 is 15.8 Å². The first-order chi connectivity index (χ1) is 5.77. The molecule has 0 radical (unpaired) electrons. The van der Waals surface area contributed by atoms with Crippen LogP contribution >= 0.6 is 0 Å². The van der Waals surface area contributed by atoms with Crippen LogP contribution < -0.4 is 10.7 Å². The molecule has 2 rings (SSSR count). The van der Waals surface area contributed by atoms with Crippen molar-refractivity contribution in [2.45, 2.75) is 0 Å². The quantitative estimate of drug-likeness (QED) is 0.478. The number of fused-ring (bicyclic) bond motifs is 1. The summed E-state index contributed by atoms with van der Waals surface area (Å²) in [7, 11) is 0. The van der Waals surface area contributed by atoms with Crippen LogP contribution in [0.3, 0.4) is 0 Å². The van der Waals surface area contributed by atoms with E-state index in [-0.39, 0.29) is 5.57 Å². The number of carboxylic acid groups (broad SMARTS) is 1. The van der Waals surface area contributed by atoms with Gasteiger partial charge in [0.15, 0.2) is 0 Å². The predicted octanol–water partition coefficient (Wildman–Crippen LogP) is -0.780. The van der Waals surface area contributed by atoms with Gasteiger partial charge in [0.05, 0.1) is 12.1 Å². The van der Waals surface area contributed by atoms with E-state index in [9.17, 15) is 4.79 Å². The summed E-state index contributed by atoms with van der Waals surface area (Å²) in [4.78, 5) is 10.5. The van der Waals surface area contributed by atoms with Crippen molar-refractivity contribution in [2.75, 3.05) is 13.1 Å². The van der Waals surface area contributed by atoms with Crippen LogP contribution in [0.2, 0.25) is 0 Å². The second-order valence-electron chi connectivity index (χ2n) is 2.64. The van der Waals surface area contributed by atoms with E-state index >= 15 is 0 Å². The standard InChI is InChI=1S/C7H9N3O2/c11-7(12)5-3-6-8-1-2-10(6)9-4-5/h3-4,8-9H,1-2H2,(H,11,12). The normalized spacial score (nSPS) is 20.2. The van der Waals surface area contributed by atoms with Gasteiger partial charge in [0, 0.05) is 12.7 Å². The molecule has 0 aromatic heterocycles. The summed E-state index contributed by atoms with van der Waals surface area (Å²) >= 11 is 0. The Bertz CT molecular complexity index is 282. The Hall–Kier alpha value is -1.65. The fourth-order valence-electron chi connectivity index (χ4n) is 1.23. The van der Waals surface area contributed by atoms with Crippen LogP contribution in [0.1, 0.15) is 0 Å². The van der Waals surface area contributed by atoms with Crippen molar-refractivity contribution in [3.05, 3.63) is 23.7 Å². The van der Waals surface area contributed by atoms with Crippen LogP contribution in [0, 0.1) is 0 Å². The summed E-state index contributed by atoms with van der Waals surface area (Å²) in [5, 5.41) is 13.6. The molecule has 12 heavy (non-hydrogen) atoms. The van der Waals surface area contributed by atoms with Gasteiger partial charge in [0.2, 0.25) is 0 Å². The van der Waals surface area contributed by atoms with Crippen LogP contribution in [0.15, 0.2) is 23.7 Å². The summed E-state index contributed by atoms with van der Waals surface area (Å²) in [5.74, 6) is -0.0850. The van der Waals surface area contributed by atoms with Gasteiger partial charge in [0.25, 0.3) is 0 Å². The number of hydrogen-bond acceptors (Lipinski definition) is 4. The first-order valence-electron chi connectivity index (χ1n) is 3.70. The molecular formula is C7H9N3O2. The molecule has 2 aliphatic rings. The van der Waals surface area contributed by atoms with E-state index in [0.717, 1.165) is 18.9 Å². The molecule has 0 atom stereocenters. The van der Waals surface area contributed by atoms with Gasteiger partial charge in [-0.3, -0.25) is 5.01 Å². The minimum Gasteiger partial charge on any atom is -0.478 e. The Morgan fingerprint density at radius 3 is 3.25 bits per heavy atom. The lowest BCUT2D eigenvalue weighted by Gasteiger charge is -2.22. The molecule has 1 fully saturated rings. The van der Waals surface area contributed by atoms with E-state index in [1.165, 1.54) is 6.20 Å². The smallest absolute Gasteiger partial charge is 0.337 e. The zero-order valence-corrected chi connectivity index (χ0v) is 6.37. The van der Waals surface area contributed by atoms with E-state index in [1.54, 1.807) is 6.08 Å². The maximum atomic E-state index is 10.5. The molecule has 3 N–H and O–H groups in total. The van der Waals surface area contributed by atoms with Crippen molar-refractivity contribution in [1.29, 1.82) is 0 Å². The SMILES string of the molecule is O=C(O)C1=CNN2CCNC2=C1. The number of carboxylic acids is 1. The predicted molar refractivity (Wildman–Crippen MR) is 41.6 cm³/mol. The summed E-state index contributed by atoms with van der Waals surface area (Å²) < 4.78 is 0. The third-order valence-electron chi connectivity index (χ3n) is 1.85. The van der Waals surface area contributed by atoms with E-state index in [1.807, 2.05) is 5.01 Å². The summed E-state index contributed by atoms with van der Waals surface area (Å²) in [6, 6.07) is 0. The molecule has 0 saturated carbocycles. The maximum absolute atomic E-state index is 10.5. The van der Waals surface area contributed by atoms with Crippen molar-refractivity contribution in [2.24, 2.45) is 0 Å². The third-order valence-corrected chi connectivity index (χ3v) is 1.85. The van der Waals surface area contributed by atoms with E-state index in [4.69, 9.17) is 5.11 Å². The molecular weight excluding hydrogens is 158 g/mol. The molecule has 1 saturated heterocycles. The maximum Gasteiger partial charge on any atom is 0.337 e. The van der Waals surface area contributed by atoms with Crippen molar-refractivity contribution in [1.82, 2.24) is 15.8 Å². The number of nitrogens with zero attached hydrogens (tertiary/aromatic N) is 1. The lowest BCUT2D eigenvalue weighted by atomic mass is 10.2. The molecule has 0 unspecified atom stereocenters. The Morgan fingerprint density at radius 2 is 2.50 bits per heavy atom. The Morgan fingerprint density at radius 1 is 1.67 bits per heavy atom. The summed E-state index contributed by atoms with van der Waals surface area (Å²) in [5.41, 5.74) is 3.15. The molecule has 64 valence electrons. The number of aliphatic carboxylic acids is 1. The number of hydrazine groups is 1. The third kappa shape index (κ3) is 0.990. The van der Waals surface area contributed by atoms with Crippen molar-refractivity contribution >= 4 is 5.97 Å². The van der Waals surface area contributed by atoms with Crippen molar-refractivity contribution < 1.29 is 9.90 Å². The lowest BCUT2D eigenvalue weighted by molar-refractivity contribution is -0.132. The molecule has 0 aromatic carbocycles. The van der Waals surface area contributed by atoms with Crippen LogP contribution in [-0.4, -0.2) is 29.2 Å². The number of carbonyl (C=O) groups is 1. The van der Waals surface area contributed by atoms with E-state index in [2.05, 4.69) is 10.7 Å². The molecule has 0 aliphatic carbocycles. The van der Waals surface area contributed by atoms with E-state index in [0.29, 0.717) is 0 Å². The molecule has 5 nitrogen and oxygen atoms in total. The highest BCUT2D eigenvalue weighted by Crippen LogP contribution is 2.12. The average molecular weight is 167 g/mol. The minimum absolute atomic E-state index is 0.274. The topological polar surface area (TPSA) is 64.6 Å². The number of nitrogens with one attached hydrogen (secondary N) is 2. The van der Waals surface area contributed by atoms with Crippen molar-refractivity contribution in [3.63, 3.8) is 0 Å². The monoisotopic (exact) mass is 167 g/mol. The van der Waals surface area contributed by atoms with Gasteiger partial charge in [-0.25, -0.2) is 4.79 Å². The summed E-state index contributed by atoms with van der Waals surface area (Å²) in [6.45, 7) is 1.70. The molecule has 2 heterocycles. The molecule has 0 spiro atoms. The first kappa shape index (κ1) is 7.02. The molecule has 5 heteroatoms. The Labute approximate surface area is 69.3 Å². The van der Waals surface area contributed by atoms with Gasteiger partial charge >= 0.3 is 5.97 Å². The largest absolute Gasteiger partial charge is 0.478 e. The molecule has 0 amide bonds. The lowest BCUT2D eigenvalue weighted by Crippen LogP contribution is -2.34. The van der Waals surface area contributed by atoms with E-state index < -0.39 is 5.97 Å². The highest BCUT2D eigenvalue weighted by atomic mass is 16.4. The number of rotatable bonds is 1. The highest BCUT2D eigenvalue weighted by molar-refractivity contribution is 5.90. The molecule has 0 aromatic rings. The van der Waals surface area contributed by atoms with Gasteiger partial charge in [0.1, 0.15) is 5.82 Å². The van der Waals surface area contributed by atoms with Crippen molar-refractivity contribution in [3.8, 4) is 0 Å². The minimum atomic E-state index is -0.914. The van der Waals surface area contributed by atoms with Gasteiger partial charge in [-0.05, 0) is 6.08 Å². The van der Waals surface area contributed by atoms with Gasteiger partial charge in [-0.2, -0.15) is 0 Å². The fourth-order valence-corrected chi connectivity index (χ4v) is 1.23. The van der Waals surface area contributed by atoms with Gasteiger partial charge in [-0.15, -0.1) is 0 Å². The first-order valence-corrected chi connectivity index (χ1v) is 3.70. The molecule has 0 bridgehead atoms. The van der Waals surface area contributed by atoms with Gasteiger partial charge in [-0.1, -0.05) is 0 Å². The Kier molecular flexibility index (Phi) is 1.43. The molecule has 2 aliphatic heterocycles. The second kappa shape index (κ2) is 2.44. The van der Waals surface area contributed by atoms with Crippen LogP contribution in [0.25, 0.3) is 0 Å². The van der Waals surface area contributed by atoms with Crippen LogP contribution in [0.5, 0.6) is 0 Å². The number of hydrogen-bond donors (Lipinski definition) is 3. The average Bonchev–Trinajstić information content (AvgIpc) is 2.49. The highest BCUT2D eigenvalue weighted by Gasteiger charge is 2.20. The summed E-state index contributed by atoms with van der Waals surface area (Å²) in [6.07, 6.45) is 3.10. The van der Waals surface area contributed by atoms with Crippen LogP contribution in [-0.2, 0) is 4.79 Å². The zero-order valence-electron chi connectivity index (χ0n) is 6.37. The second-order valence-corrected chi connectivity index (χ2v) is 2.64. The zero-order chi connectivity index (χ0) is 8.55. The fraction of sp³-hybridized carbons (Fsp3) is 0.286.